The number of carbonyl (C=O) groups excluding carboxylic acids is 1. The van der Waals surface area contributed by atoms with Gasteiger partial charge in [-0.1, -0.05) is 107 Å². The van der Waals surface area contributed by atoms with E-state index in [9.17, 15) is 4.79 Å². The van der Waals surface area contributed by atoms with Gasteiger partial charge in [0.1, 0.15) is 0 Å². The van der Waals surface area contributed by atoms with Gasteiger partial charge in [-0.3, -0.25) is 4.79 Å². The van der Waals surface area contributed by atoms with E-state index >= 15 is 0 Å². The molecule has 1 rings (SSSR count). The van der Waals surface area contributed by atoms with Crippen molar-refractivity contribution in [2.24, 2.45) is 29.6 Å². The summed E-state index contributed by atoms with van der Waals surface area (Å²) in [7, 11) is 0. The quantitative estimate of drug-likeness (QED) is 0.311. The number of nitrogens with one attached hydrogen (secondary N) is 1. The van der Waals surface area contributed by atoms with E-state index in [4.69, 9.17) is 4.74 Å². The number of hydrogen-bond donors (Lipinski definition) is 1. The lowest BCUT2D eigenvalue weighted by molar-refractivity contribution is 0.0743. The van der Waals surface area contributed by atoms with Crippen LogP contribution in [-0.2, 0) is 4.74 Å². The molecule has 0 saturated heterocycles. The van der Waals surface area contributed by atoms with Crippen LogP contribution in [0.5, 0.6) is 0 Å². The summed E-state index contributed by atoms with van der Waals surface area (Å²) < 4.78 is 5.39. The molecule has 0 fully saturated rings. The molecule has 1 N–H and O–H groups in total. The van der Waals surface area contributed by atoms with Crippen LogP contribution in [0.4, 0.5) is 0 Å². The second-order valence-corrected chi connectivity index (χ2v) is 12.0. The first-order valence-electron chi connectivity index (χ1n) is 14.1. The van der Waals surface area contributed by atoms with Crippen LogP contribution in [0.2, 0.25) is 0 Å². The molecule has 3 heteroatoms. The van der Waals surface area contributed by atoms with Gasteiger partial charge in [0.25, 0.3) is 5.91 Å². The Morgan fingerprint density at radius 2 is 1.11 bits per heavy atom. The Labute approximate surface area is 221 Å². The molecule has 0 aliphatic rings. The van der Waals surface area contributed by atoms with Gasteiger partial charge in [-0.2, -0.15) is 0 Å². The van der Waals surface area contributed by atoms with Crippen LogP contribution in [-0.4, -0.2) is 25.2 Å². The molecule has 0 radical (unpaired) electrons. The van der Waals surface area contributed by atoms with Crippen LogP contribution in [0, 0.1) is 29.6 Å². The van der Waals surface area contributed by atoms with E-state index in [2.05, 4.69) is 95.3 Å². The Morgan fingerprint density at radius 1 is 0.686 bits per heavy atom. The van der Waals surface area contributed by atoms with Gasteiger partial charge in [0.2, 0.25) is 0 Å². The van der Waals surface area contributed by atoms with Crippen molar-refractivity contribution in [1.29, 1.82) is 0 Å². The standard InChI is InChI=1S/C11H15NO.C9H20O.C8H18.C4H10/c1-9(2)8-12-11(13)10-6-4-3-5-7-10;1-8(2)6-5-7-10-9(3)4;1-7(2)5-6-8(3)4;1-4(2)3/h3-7,9H,8H2,1-2H3,(H,12,13);8-9H,5-7H2,1-4H3;7-8H,5-6H2,1-4H3;4H,1-3H3. The molecule has 0 aliphatic heterocycles. The molecular weight excluding hydrogens is 430 g/mol. The van der Waals surface area contributed by atoms with Gasteiger partial charge in [-0.05, 0) is 68.4 Å². The number of ether oxygens (including phenoxy) is 1. The predicted molar refractivity (Wildman–Crippen MR) is 158 cm³/mol. The molecular formula is C32H63NO2. The third-order valence-electron chi connectivity index (χ3n) is 4.41. The van der Waals surface area contributed by atoms with Gasteiger partial charge in [-0.25, -0.2) is 0 Å². The molecule has 3 nitrogen and oxygen atoms in total. The molecule has 0 spiro atoms. The molecule has 1 aromatic rings. The Balaban J connectivity index is -0.000000418. The van der Waals surface area contributed by atoms with E-state index in [0.29, 0.717) is 12.0 Å². The van der Waals surface area contributed by atoms with Crippen molar-refractivity contribution in [3.8, 4) is 0 Å². The summed E-state index contributed by atoms with van der Waals surface area (Å²) in [6.45, 7) is 30.1. The monoisotopic (exact) mass is 493 g/mol. The number of carbonyl (C=O) groups is 1. The first-order valence-corrected chi connectivity index (χ1v) is 14.1. The van der Waals surface area contributed by atoms with Crippen LogP contribution in [0.15, 0.2) is 30.3 Å². The maximum Gasteiger partial charge on any atom is 0.251 e. The fourth-order valence-corrected chi connectivity index (χ4v) is 2.47. The molecule has 0 saturated carbocycles. The summed E-state index contributed by atoms with van der Waals surface area (Å²) >= 11 is 0. The number of rotatable bonds is 11. The van der Waals surface area contributed by atoms with Crippen molar-refractivity contribution in [2.75, 3.05) is 13.2 Å². The van der Waals surface area contributed by atoms with Crippen molar-refractivity contribution in [3.63, 3.8) is 0 Å². The lowest BCUT2D eigenvalue weighted by atomic mass is 10.0. The van der Waals surface area contributed by atoms with E-state index in [0.717, 1.165) is 42.4 Å². The van der Waals surface area contributed by atoms with Crippen molar-refractivity contribution in [1.82, 2.24) is 5.32 Å². The minimum atomic E-state index is 0.00861. The highest BCUT2D eigenvalue weighted by atomic mass is 16.5. The number of hydrogen-bond acceptors (Lipinski definition) is 2. The molecule has 0 unspecified atom stereocenters. The molecule has 0 aliphatic carbocycles. The van der Waals surface area contributed by atoms with Crippen LogP contribution in [0.3, 0.4) is 0 Å². The Kier molecular flexibility index (Phi) is 28.1. The van der Waals surface area contributed by atoms with Crippen LogP contribution >= 0.6 is 0 Å². The van der Waals surface area contributed by atoms with Gasteiger partial charge < -0.3 is 10.1 Å². The van der Waals surface area contributed by atoms with Crippen molar-refractivity contribution in [2.45, 2.75) is 122 Å². The maximum atomic E-state index is 11.4. The predicted octanol–water partition coefficient (Wildman–Crippen LogP) is 9.66. The largest absolute Gasteiger partial charge is 0.379 e. The molecule has 1 aromatic carbocycles. The van der Waals surface area contributed by atoms with E-state index < -0.39 is 0 Å². The first-order chi connectivity index (χ1) is 16.2. The summed E-state index contributed by atoms with van der Waals surface area (Å²) in [6, 6.07) is 9.26. The van der Waals surface area contributed by atoms with E-state index in [1.807, 2.05) is 30.3 Å². The van der Waals surface area contributed by atoms with Gasteiger partial charge in [0, 0.05) is 18.7 Å². The Hall–Kier alpha value is -1.35. The van der Waals surface area contributed by atoms with Crippen LogP contribution < -0.4 is 5.32 Å². The van der Waals surface area contributed by atoms with Crippen LogP contribution in [0.25, 0.3) is 0 Å². The fourth-order valence-electron chi connectivity index (χ4n) is 2.47. The molecule has 0 heterocycles. The lowest BCUT2D eigenvalue weighted by Gasteiger charge is -2.07. The van der Waals surface area contributed by atoms with Crippen molar-refractivity contribution in [3.05, 3.63) is 35.9 Å². The molecule has 0 bridgehead atoms. The Bertz CT molecular complexity index is 527. The van der Waals surface area contributed by atoms with Crippen molar-refractivity contribution >= 4 is 5.91 Å². The van der Waals surface area contributed by atoms with Crippen LogP contribution in [0.1, 0.15) is 126 Å². The summed E-state index contributed by atoms with van der Waals surface area (Å²) in [4.78, 5) is 11.4. The van der Waals surface area contributed by atoms with E-state index in [1.165, 1.54) is 25.7 Å². The maximum absolute atomic E-state index is 11.4. The first kappa shape index (κ1) is 38.2. The minimum absolute atomic E-state index is 0.00861. The molecule has 0 atom stereocenters. The molecule has 208 valence electrons. The smallest absolute Gasteiger partial charge is 0.251 e. The van der Waals surface area contributed by atoms with E-state index in [-0.39, 0.29) is 5.91 Å². The third-order valence-corrected chi connectivity index (χ3v) is 4.41. The second kappa shape index (κ2) is 25.7. The van der Waals surface area contributed by atoms with Gasteiger partial charge >= 0.3 is 0 Å². The lowest BCUT2D eigenvalue weighted by Crippen LogP contribution is -2.27. The second-order valence-electron chi connectivity index (χ2n) is 12.0. The van der Waals surface area contributed by atoms with Gasteiger partial charge in [-0.15, -0.1) is 0 Å². The average Bonchev–Trinajstić information content (AvgIpc) is 2.74. The Morgan fingerprint density at radius 3 is 1.46 bits per heavy atom. The highest BCUT2D eigenvalue weighted by molar-refractivity contribution is 5.94. The zero-order valence-electron chi connectivity index (χ0n) is 25.9. The highest BCUT2D eigenvalue weighted by Gasteiger charge is 2.03. The summed E-state index contributed by atoms with van der Waals surface area (Å²) in [5.41, 5.74) is 0.725. The number of benzene rings is 1. The summed E-state index contributed by atoms with van der Waals surface area (Å²) in [5.74, 6) is 3.92. The van der Waals surface area contributed by atoms with Gasteiger partial charge in [0.15, 0.2) is 0 Å². The number of amides is 1. The zero-order chi connectivity index (χ0) is 27.8. The molecule has 1 amide bonds. The van der Waals surface area contributed by atoms with Crippen molar-refractivity contribution < 1.29 is 9.53 Å². The third kappa shape index (κ3) is 40.1. The average molecular weight is 494 g/mol. The normalized spacial score (nSPS) is 10.6. The summed E-state index contributed by atoms with van der Waals surface area (Å²) in [6.07, 6.45) is 5.66. The minimum Gasteiger partial charge on any atom is -0.379 e. The zero-order valence-corrected chi connectivity index (χ0v) is 25.9. The highest BCUT2D eigenvalue weighted by Crippen LogP contribution is 2.09. The van der Waals surface area contributed by atoms with E-state index in [1.54, 1.807) is 0 Å². The molecule has 0 aromatic heterocycles. The topological polar surface area (TPSA) is 38.3 Å². The van der Waals surface area contributed by atoms with Gasteiger partial charge in [0.05, 0.1) is 6.10 Å². The molecule has 35 heavy (non-hydrogen) atoms. The summed E-state index contributed by atoms with van der Waals surface area (Å²) in [5, 5.41) is 2.86. The SMILES string of the molecule is CC(C)C.CC(C)CCC(C)C.CC(C)CCCOC(C)C.CC(C)CNC(=O)c1ccccc1. The fraction of sp³-hybridized carbons (Fsp3) is 0.781.